The topological polar surface area (TPSA) is 160 Å². The third kappa shape index (κ3) is 5.80. The predicted molar refractivity (Wildman–Crippen MR) is 131 cm³/mol. The monoisotopic (exact) mass is 479 g/mol. The Morgan fingerprint density at radius 1 is 0.886 bits per heavy atom. The summed E-state index contributed by atoms with van der Waals surface area (Å²) >= 11 is 0. The number of carbonyl (C=O) groups is 3. The van der Waals surface area contributed by atoms with Gasteiger partial charge in [0.2, 0.25) is 0 Å². The molecule has 2 amide bonds. The van der Waals surface area contributed by atoms with Crippen molar-refractivity contribution in [3.63, 3.8) is 0 Å². The number of ether oxygens (including phenoxy) is 2. The molecule has 0 radical (unpaired) electrons. The van der Waals surface area contributed by atoms with E-state index in [2.05, 4.69) is 10.6 Å². The van der Waals surface area contributed by atoms with Crippen LogP contribution in [0.1, 0.15) is 44.9 Å². The summed E-state index contributed by atoms with van der Waals surface area (Å²) in [5, 5.41) is 25.3. The number of nitrogens with one attached hydrogen (secondary N) is 2. The van der Waals surface area contributed by atoms with Crippen molar-refractivity contribution in [3.05, 3.63) is 71.3 Å². The Morgan fingerprint density at radius 3 is 2.09 bits per heavy atom. The van der Waals surface area contributed by atoms with E-state index in [1.165, 1.54) is 37.4 Å². The molecule has 0 aromatic heterocycles. The van der Waals surface area contributed by atoms with Gasteiger partial charge in [-0.1, -0.05) is 0 Å². The Hall–Kier alpha value is -4.73. The average molecular weight is 479 g/mol. The smallest absolute Gasteiger partial charge is 0.335 e. The quantitative estimate of drug-likeness (QED) is 0.303. The lowest BCUT2D eigenvalue weighted by Crippen LogP contribution is -2.17. The Balaban J connectivity index is 1.92. The molecular formula is C25H25N3O7. The number of nitrogen functional groups attached to an aromatic ring is 1. The minimum absolute atomic E-state index is 0.0171. The summed E-state index contributed by atoms with van der Waals surface area (Å²) in [6.45, 7) is 3.46. The number of benzene rings is 3. The van der Waals surface area contributed by atoms with E-state index in [1.54, 1.807) is 38.1 Å². The fourth-order valence-electron chi connectivity index (χ4n) is 3.15. The standard InChI is InChI=1S/C25H25N3O7/c1-13(2)35-22-19(28-23(30)14-4-7-16(26)8-5-14)11-9-17(21(22)29)24(31)27-18-10-6-15(25(32)33)12-20(18)34-3/h4-13,29H,26H2,1-3H3,(H,27,31)(H,28,30)(H,32,33). The number of aromatic carboxylic acids is 1. The summed E-state index contributed by atoms with van der Waals surface area (Å²) < 4.78 is 10.9. The van der Waals surface area contributed by atoms with E-state index in [1.807, 2.05) is 0 Å². The van der Waals surface area contributed by atoms with Gasteiger partial charge in [-0.2, -0.15) is 0 Å². The molecule has 0 heterocycles. The first-order valence-corrected chi connectivity index (χ1v) is 10.5. The molecule has 0 saturated carbocycles. The molecule has 3 aromatic carbocycles. The van der Waals surface area contributed by atoms with E-state index in [0.29, 0.717) is 11.3 Å². The zero-order chi connectivity index (χ0) is 25.7. The van der Waals surface area contributed by atoms with Crippen molar-refractivity contribution in [2.45, 2.75) is 20.0 Å². The summed E-state index contributed by atoms with van der Waals surface area (Å²) in [6.07, 6.45) is -0.380. The van der Waals surface area contributed by atoms with Crippen LogP contribution >= 0.6 is 0 Å². The van der Waals surface area contributed by atoms with E-state index in [4.69, 9.17) is 20.3 Å². The molecule has 10 heteroatoms. The SMILES string of the molecule is COc1cc(C(=O)O)ccc1NC(=O)c1ccc(NC(=O)c2ccc(N)cc2)c(OC(C)C)c1O. The fourth-order valence-corrected chi connectivity index (χ4v) is 3.15. The molecule has 35 heavy (non-hydrogen) atoms. The fraction of sp³-hybridized carbons (Fsp3) is 0.160. The second-order valence-electron chi connectivity index (χ2n) is 7.76. The number of rotatable bonds is 8. The molecule has 10 nitrogen and oxygen atoms in total. The number of hydrogen-bond acceptors (Lipinski definition) is 7. The van der Waals surface area contributed by atoms with Crippen LogP contribution in [0.25, 0.3) is 0 Å². The number of aromatic hydroxyl groups is 1. The van der Waals surface area contributed by atoms with Gasteiger partial charge in [0.25, 0.3) is 11.8 Å². The van der Waals surface area contributed by atoms with Crippen molar-refractivity contribution in [2.24, 2.45) is 0 Å². The Morgan fingerprint density at radius 2 is 1.49 bits per heavy atom. The van der Waals surface area contributed by atoms with Gasteiger partial charge in [-0.3, -0.25) is 9.59 Å². The number of hydrogen-bond donors (Lipinski definition) is 5. The van der Waals surface area contributed by atoms with Gasteiger partial charge in [0.1, 0.15) is 5.75 Å². The number of amides is 2. The molecule has 182 valence electrons. The summed E-state index contributed by atoms with van der Waals surface area (Å²) in [5.74, 6) is -2.74. The van der Waals surface area contributed by atoms with Crippen LogP contribution in [0.2, 0.25) is 0 Å². The van der Waals surface area contributed by atoms with Crippen LogP contribution in [0.3, 0.4) is 0 Å². The number of anilines is 3. The first-order chi connectivity index (χ1) is 16.6. The van der Waals surface area contributed by atoms with Crippen LogP contribution in [-0.2, 0) is 0 Å². The highest BCUT2D eigenvalue weighted by Crippen LogP contribution is 2.39. The van der Waals surface area contributed by atoms with E-state index >= 15 is 0 Å². The zero-order valence-electron chi connectivity index (χ0n) is 19.3. The van der Waals surface area contributed by atoms with Gasteiger partial charge in [0.15, 0.2) is 11.5 Å². The molecule has 3 rings (SSSR count). The van der Waals surface area contributed by atoms with E-state index in [9.17, 15) is 19.5 Å². The van der Waals surface area contributed by atoms with E-state index in [-0.39, 0.29) is 40.1 Å². The van der Waals surface area contributed by atoms with Crippen molar-refractivity contribution in [1.82, 2.24) is 0 Å². The molecule has 0 aliphatic carbocycles. The lowest BCUT2D eigenvalue weighted by Gasteiger charge is -2.18. The molecule has 0 aliphatic heterocycles. The van der Waals surface area contributed by atoms with Gasteiger partial charge >= 0.3 is 5.97 Å². The maximum atomic E-state index is 12.9. The van der Waals surface area contributed by atoms with Crippen LogP contribution in [0, 0.1) is 0 Å². The molecule has 0 atom stereocenters. The number of carboxylic acid groups (broad SMARTS) is 1. The molecule has 0 spiro atoms. The molecular weight excluding hydrogens is 454 g/mol. The van der Waals surface area contributed by atoms with Gasteiger partial charge in [-0.15, -0.1) is 0 Å². The predicted octanol–water partition coefficient (Wildman–Crippen LogP) is 3.97. The van der Waals surface area contributed by atoms with Crippen molar-refractivity contribution in [2.75, 3.05) is 23.5 Å². The highest BCUT2D eigenvalue weighted by atomic mass is 16.5. The second kappa shape index (κ2) is 10.5. The first-order valence-electron chi connectivity index (χ1n) is 10.5. The molecule has 6 N–H and O–H groups in total. The van der Waals surface area contributed by atoms with Crippen molar-refractivity contribution < 1.29 is 34.1 Å². The molecule has 0 aliphatic rings. The van der Waals surface area contributed by atoms with Gasteiger partial charge in [0.05, 0.1) is 35.7 Å². The zero-order valence-corrected chi connectivity index (χ0v) is 19.3. The average Bonchev–Trinajstić information content (AvgIpc) is 2.81. The molecule has 3 aromatic rings. The third-order valence-corrected chi connectivity index (χ3v) is 4.85. The van der Waals surface area contributed by atoms with E-state index < -0.39 is 23.5 Å². The Kier molecular flexibility index (Phi) is 7.45. The lowest BCUT2D eigenvalue weighted by atomic mass is 10.1. The first kappa shape index (κ1) is 24.9. The van der Waals surface area contributed by atoms with Crippen molar-refractivity contribution in [1.29, 1.82) is 0 Å². The highest BCUT2D eigenvalue weighted by molar-refractivity contribution is 6.10. The molecule has 0 saturated heterocycles. The number of nitrogens with two attached hydrogens (primary N) is 1. The normalized spacial score (nSPS) is 10.5. The van der Waals surface area contributed by atoms with Gasteiger partial charge in [-0.05, 0) is 68.4 Å². The van der Waals surface area contributed by atoms with Crippen LogP contribution in [0.4, 0.5) is 17.1 Å². The van der Waals surface area contributed by atoms with Crippen LogP contribution in [-0.4, -0.2) is 41.2 Å². The minimum atomic E-state index is -1.15. The third-order valence-electron chi connectivity index (χ3n) is 4.85. The number of phenols is 1. The summed E-state index contributed by atoms with van der Waals surface area (Å²) in [5.41, 5.74) is 6.73. The van der Waals surface area contributed by atoms with Crippen LogP contribution in [0.15, 0.2) is 54.6 Å². The van der Waals surface area contributed by atoms with Gasteiger partial charge in [-0.25, -0.2) is 4.79 Å². The minimum Gasteiger partial charge on any atom is -0.504 e. The number of methoxy groups -OCH3 is 1. The summed E-state index contributed by atoms with van der Waals surface area (Å²) in [7, 11) is 1.33. The Bertz CT molecular complexity index is 1270. The molecule has 0 unspecified atom stereocenters. The maximum Gasteiger partial charge on any atom is 0.335 e. The summed E-state index contributed by atoms with van der Waals surface area (Å²) in [4.78, 5) is 36.8. The number of phenolic OH excluding ortho intramolecular Hbond substituents is 1. The van der Waals surface area contributed by atoms with Crippen LogP contribution < -0.4 is 25.8 Å². The number of carboxylic acids is 1. The summed E-state index contributed by atoms with van der Waals surface area (Å²) in [6, 6.07) is 13.0. The van der Waals surface area contributed by atoms with Gasteiger partial charge < -0.3 is 36.1 Å². The largest absolute Gasteiger partial charge is 0.504 e. The molecule has 0 bridgehead atoms. The molecule has 0 fully saturated rings. The van der Waals surface area contributed by atoms with Crippen LogP contribution in [0.5, 0.6) is 17.2 Å². The highest BCUT2D eigenvalue weighted by Gasteiger charge is 2.22. The maximum absolute atomic E-state index is 12.9. The lowest BCUT2D eigenvalue weighted by molar-refractivity contribution is 0.0696. The number of carbonyl (C=O) groups excluding carboxylic acids is 2. The van der Waals surface area contributed by atoms with Crippen molar-refractivity contribution in [3.8, 4) is 17.2 Å². The second-order valence-corrected chi connectivity index (χ2v) is 7.76. The van der Waals surface area contributed by atoms with E-state index in [0.717, 1.165) is 0 Å². The van der Waals surface area contributed by atoms with Crippen molar-refractivity contribution >= 4 is 34.8 Å². The van der Waals surface area contributed by atoms with Gasteiger partial charge in [0, 0.05) is 11.3 Å². The Labute approximate surface area is 201 Å².